The lowest BCUT2D eigenvalue weighted by atomic mass is 9.89. The maximum Gasteiger partial charge on any atom is 0.254 e. The van der Waals surface area contributed by atoms with Crippen molar-refractivity contribution in [3.63, 3.8) is 0 Å². The Morgan fingerprint density at radius 3 is 2.46 bits per heavy atom. The van der Waals surface area contributed by atoms with Gasteiger partial charge in [-0.05, 0) is 57.6 Å². The zero-order chi connectivity index (χ0) is 28.2. The third kappa shape index (κ3) is 4.76. The molecule has 0 spiro atoms. The highest BCUT2D eigenvalue weighted by Gasteiger charge is 2.49. The number of hydrogen-bond donors (Lipinski definition) is 1. The average molecular weight is 557 g/mol. The molecular formula is C30H37ClN2O6. The molecule has 2 amide bonds. The van der Waals surface area contributed by atoms with Crippen molar-refractivity contribution in [2.45, 2.75) is 78.6 Å². The van der Waals surface area contributed by atoms with Crippen LogP contribution in [0.5, 0.6) is 11.5 Å². The SMILES string of the molecule is CC[C@@H](O)C(=O)N1CCC(C2(C)Oc3c(C)c4c(c(Cl)c3O2)CCN(CC2=C(C)C=C(C)CC2=O)C4=O)CC1. The Bertz CT molecular complexity index is 1310. The Labute approximate surface area is 234 Å². The summed E-state index contributed by atoms with van der Waals surface area (Å²) >= 11 is 6.87. The van der Waals surface area contributed by atoms with E-state index in [1.807, 2.05) is 33.8 Å². The number of allylic oxidation sites excluding steroid dienone is 3. The van der Waals surface area contributed by atoms with Crippen LogP contribution >= 0.6 is 11.6 Å². The second-order valence-corrected chi connectivity index (χ2v) is 11.8. The monoisotopic (exact) mass is 556 g/mol. The van der Waals surface area contributed by atoms with Gasteiger partial charge in [0.15, 0.2) is 17.3 Å². The zero-order valence-corrected chi connectivity index (χ0v) is 24.1. The van der Waals surface area contributed by atoms with Crippen molar-refractivity contribution in [3.8, 4) is 11.5 Å². The van der Waals surface area contributed by atoms with Gasteiger partial charge in [0.2, 0.25) is 0 Å². The molecule has 0 radical (unpaired) electrons. The van der Waals surface area contributed by atoms with Crippen molar-refractivity contribution < 1.29 is 29.0 Å². The van der Waals surface area contributed by atoms with Crippen molar-refractivity contribution in [2.24, 2.45) is 5.92 Å². The standard InChI is InChI=1S/C30H37ClN2O6/c1-6-22(34)28(36)32-10-7-19(8-11-32)30(5)38-26-18(4)24-20(25(31)27(26)39-30)9-12-33(29(24)37)15-21-17(3)13-16(2)14-23(21)35/h13,19,22,34H,6-12,14-15H2,1-5H3/t22-,30?/m1/s1. The summed E-state index contributed by atoms with van der Waals surface area (Å²) in [6, 6.07) is 0. The topological polar surface area (TPSA) is 96.4 Å². The van der Waals surface area contributed by atoms with Crippen LogP contribution in [0.4, 0.5) is 0 Å². The van der Waals surface area contributed by atoms with Crippen LogP contribution < -0.4 is 9.47 Å². The fourth-order valence-electron chi connectivity index (χ4n) is 6.35. The van der Waals surface area contributed by atoms with Crippen LogP contribution in [-0.2, 0) is 16.0 Å². The van der Waals surface area contributed by atoms with Crippen molar-refractivity contribution >= 4 is 29.2 Å². The number of carbonyl (C=O) groups is 3. The van der Waals surface area contributed by atoms with Gasteiger partial charge in [0.05, 0.1) is 10.6 Å². The van der Waals surface area contributed by atoms with E-state index >= 15 is 0 Å². The number of nitrogens with zero attached hydrogens (tertiary/aromatic N) is 2. The molecule has 9 heteroatoms. The minimum atomic E-state index is -0.984. The summed E-state index contributed by atoms with van der Waals surface area (Å²) in [6.07, 6.45) is 3.71. The van der Waals surface area contributed by atoms with Crippen molar-refractivity contribution in [3.05, 3.63) is 44.5 Å². The molecule has 39 heavy (non-hydrogen) atoms. The smallest absolute Gasteiger partial charge is 0.254 e. The minimum absolute atomic E-state index is 0.00356. The maximum atomic E-state index is 13.7. The number of likely N-dealkylation sites (tertiary alicyclic amines) is 1. The molecule has 0 saturated carbocycles. The molecule has 8 nitrogen and oxygen atoms in total. The molecule has 210 valence electrons. The van der Waals surface area contributed by atoms with Gasteiger partial charge in [-0.2, -0.15) is 0 Å². The number of amides is 2. The first-order valence-corrected chi connectivity index (χ1v) is 14.2. The van der Waals surface area contributed by atoms with E-state index in [-0.39, 0.29) is 30.1 Å². The second kappa shape index (κ2) is 10.3. The van der Waals surface area contributed by atoms with Crippen molar-refractivity contribution in [1.29, 1.82) is 0 Å². The van der Waals surface area contributed by atoms with Gasteiger partial charge in [0.1, 0.15) is 6.10 Å². The third-order valence-corrected chi connectivity index (χ3v) is 9.11. The number of aliphatic hydroxyl groups is 1. The molecule has 3 heterocycles. The van der Waals surface area contributed by atoms with E-state index in [0.29, 0.717) is 85.0 Å². The molecule has 1 aromatic rings. The lowest BCUT2D eigenvalue weighted by molar-refractivity contribution is -0.149. The number of fused-ring (bicyclic) bond motifs is 2. The Kier molecular flexibility index (Phi) is 7.31. The minimum Gasteiger partial charge on any atom is -0.448 e. The summed E-state index contributed by atoms with van der Waals surface area (Å²) in [7, 11) is 0. The Morgan fingerprint density at radius 1 is 1.15 bits per heavy atom. The van der Waals surface area contributed by atoms with E-state index in [2.05, 4.69) is 0 Å². The first kappa shape index (κ1) is 27.7. The van der Waals surface area contributed by atoms with Gasteiger partial charge in [0.25, 0.3) is 17.6 Å². The highest BCUT2D eigenvalue weighted by molar-refractivity contribution is 6.34. The molecule has 4 aliphatic rings. The molecule has 1 aromatic carbocycles. The number of piperidine rings is 1. The lowest BCUT2D eigenvalue weighted by Gasteiger charge is -2.39. The van der Waals surface area contributed by atoms with Crippen LogP contribution in [0.15, 0.2) is 22.8 Å². The molecule has 3 aliphatic heterocycles. The van der Waals surface area contributed by atoms with Crippen LogP contribution in [0.2, 0.25) is 5.02 Å². The van der Waals surface area contributed by atoms with Gasteiger partial charge >= 0.3 is 0 Å². The molecule has 1 fully saturated rings. The number of rotatable bonds is 5. The zero-order valence-electron chi connectivity index (χ0n) is 23.4. The maximum absolute atomic E-state index is 13.7. The summed E-state index contributed by atoms with van der Waals surface area (Å²) in [4.78, 5) is 42.3. The molecule has 1 unspecified atom stereocenters. The van der Waals surface area contributed by atoms with Gasteiger partial charge < -0.3 is 24.4 Å². The van der Waals surface area contributed by atoms with Crippen LogP contribution in [0, 0.1) is 12.8 Å². The van der Waals surface area contributed by atoms with E-state index in [0.717, 1.165) is 16.7 Å². The molecule has 0 bridgehead atoms. The predicted octanol–water partition coefficient (Wildman–Crippen LogP) is 4.38. The second-order valence-electron chi connectivity index (χ2n) is 11.4. The van der Waals surface area contributed by atoms with E-state index < -0.39 is 11.9 Å². The molecule has 1 aliphatic carbocycles. The number of ketones is 1. The number of halogens is 1. The molecule has 1 saturated heterocycles. The number of hydrogen-bond acceptors (Lipinski definition) is 6. The van der Waals surface area contributed by atoms with Crippen LogP contribution in [0.1, 0.15) is 74.9 Å². The molecule has 0 aromatic heterocycles. The molecule has 1 N–H and O–H groups in total. The molecule has 5 rings (SSSR count). The Hall–Kier alpha value is -2.84. The summed E-state index contributed by atoms with van der Waals surface area (Å²) in [5.41, 5.74) is 4.61. The predicted molar refractivity (Wildman–Crippen MR) is 147 cm³/mol. The van der Waals surface area contributed by atoms with Crippen molar-refractivity contribution in [2.75, 3.05) is 26.2 Å². The highest BCUT2D eigenvalue weighted by atomic mass is 35.5. The third-order valence-electron chi connectivity index (χ3n) is 8.71. The molecular weight excluding hydrogens is 520 g/mol. The summed E-state index contributed by atoms with van der Waals surface area (Å²) in [5, 5.41) is 10.4. The van der Waals surface area contributed by atoms with Crippen LogP contribution in [0.3, 0.4) is 0 Å². The van der Waals surface area contributed by atoms with Gasteiger partial charge in [-0.3, -0.25) is 14.4 Å². The first-order valence-electron chi connectivity index (χ1n) is 13.8. The van der Waals surface area contributed by atoms with E-state index in [9.17, 15) is 19.5 Å². The summed E-state index contributed by atoms with van der Waals surface area (Å²) < 4.78 is 12.9. The number of Topliss-reactive ketones (excluding diaryl/α,β-unsaturated/α-hetero) is 1. The number of aliphatic hydroxyl groups excluding tert-OH is 1. The fraction of sp³-hybridized carbons (Fsp3) is 0.567. The van der Waals surface area contributed by atoms with Gasteiger partial charge in [-0.1, -0.05) is 30.2 Å². The van der Waals surface area contributed by atoms with Crippen LogP contribution in [-0.4, -0.2) is 70.6 Å². The highest BCUT2D eigenvalue weighted by Crippen LogP contribution is 2.53. The molecule has 2 atom stereocenters. The largest absolute Gasteiger partial charge is 0.448 e. The fourth-order valence-corrected chi connectivity index (χ4v) is 6.66. The Balaban J connectivity index is 1.37. The summed E-state index contributed by atoms with van der Waals surface area (Å²) in [5.74, 6) is -0.355. The van der Waals surface area contributed by atoms with Gasteiger partial charge in [-0.15, -0.1) is 0 Å². The first-order chi connectivity index (χ1) is 18.4. The number of ether oxygens (including phenoxy) is 2. The van der Waals surface area contributed by atoms with E-state index in [1.54, 1.807) is 16.7 Å². The van der Waals surface area contributed by atoms with E-state index in [4.69, 9.17) is 21.1 Å². The lowest BCUT2D eigenvalue weighted by Crippen LogP contribution is -2.51. The van der Waals surface area contributed by atoms with Gasteiger partial charge in [0, 0.05) is 56.6 Å². The average Bonchev–Trinajstić information content (AvgIpc) is 3.28. The summed E-state index contributed by atoms with van der Waals surface area (Å²) in [6.45, 7) is 11.2. The van der Waals surface area contributed by atoms with Crippen molar-refractivity contribution in [1.82, 2.24) is 9.80 Å². The van der Waals surface area contributed by atoms with E-state index in [1.165, 1.54) is 0 Å². The normalized spacial score (nSPS) is 24.2. The number of benzene rings is 1. The van der Waals surface area contributed by atoms with Gasteiger partial charge in [-0.25, -0.2) is 0 Å². The Morgan fingerprint density at radius 2 is 1.82 bits per heavy atom. The number of carbonyl (C=O) groups excluding carboxylic acids is 3. The van der Waals surface area contributed by atoms with Crippen LogP contribution in [0.25, 0.3) is 0 Å². The quantitative estimate of drug-likeness (QED) is 0.578.